The number of halogens is 2. The van der Waals surface area contributed by atoms with Gasteiger partial charge in [-0.2, -0.15) is 0 Å². The lowest BCUT2D eigenvalue weighted by Gasteiger charge is -2.32. The first-order chi connectivity index (χ1) is 15.1. The van der Waals surface area contributed by atoms with Crippen LogP contribution in [0.4, 0.5) is 10.1 Å². The molecule has 0 spiro atoms. The number of sulfonamides is 1. The summed E-state index contributed by atoms with van der Waals surface area (Å²) in [5.41, 5.74) is -0.687. The molecule has 0 saturated carbocycles. The molecule has 1 aliphatic heterocycles. The summed E-state index contributed by atoms with van der Waals surface area (Å²) < 4.78 is 60.6. The Morgan fingerprint density at radius 3 is 2.36 bits per heavy atom. The second-order valence-corrected chi connectivity index (χ2v) is 10.9. The molecule has 0 aliphatic carbocycles. The van der Waals surface area contributed by atoms with Crippen molar-refractivity contribution in [3.05, 3.63) is 52.3 Å². The first-order valence-corrected chi connectivity index (χ1v) is 12.1. The quantitative estimate of drug-likeness (QED) is 0.480. The Morgan fingerprint density at radius 2 is 1.79 bits per heavy atom. The Bertz CT molecular complexity index is 1190. The van der Waals surface area contributed by atoms with E-state index in [9.17, 15) is 13.2 Å². The number of hydrogen-bond acceptors (Lipinski definition) is 6. The first kappa shape index (κ1) is 25.5. The lowest BCUT2D eigenvalue weighted by Crippen LogP contribution is -2.41. The number of benzene rings is 2. The van der Waals surface area contributed by atoms with Crippen LogP contribution in [0, 0.1) is 12.7 Å². The third-order valence-electron chi connectivity index (χ3n) is 5.76. The van der Waals surface area contributed by atoms with Crippen molar-refractivity contribution in [3.63, 3.8) is 0 Å². The normalized spacial score (nSPS) is 17.2. The summed E-state index contributed by atoms with van der Waals surface area (Å²) in [7, 11) is -5.28. The van der Waals surface area contributed by atoms with Crippen molar-refractivity contribution in [2.24, 2.45) is 0 Å². The van der Waals surface area contributed by atoms with Crippen LogP contribution in [0.1, 0.15) is 45.7 Å². The fourth-order valence-electron chi connectivity index (χ4n) is 3.27. The van der Waals surface area contributed by atoms with E-state index >= 15 is 4.39 Å². The van der Waals surface area contributed by atoms with Gasteiger partial charge in [0.25, 0.3) is 10.0 Å². The predicted octanol–water partition coefficient (Wildman–Crippen LogP) is 3.95. The molecule has 1 aliphatic rings. The van der Waals surface area contributed by atoms with Crippen LogP contribution in [0.2, 0.25) is 5.02 Å². The number of carbonyl (C=O) groups excluding carboxylic acids is 1. The minimum Gasteiger partial charge on any atom is -0.461 e. The highest BCUT2D eigenvalue weighted by Gasteiger charge is 2.52. The third kappa shape index (κ3) is 5.19. The Labute approximate surface area is 198 Å². The molecule has 11 heteroatoms. The van der Waals surface area contributed by atoms with Gasteiger partial charge in [0.05, 0.1) is 21.9 Å². The Kier molecular flexibility index (Phi) is 6.88. The standard InChI is InChI=1S/C22H26BClFNO6S/c1-13-10-15(12-30-14(2)27)19(24)18(11-13)33(28,29)26-17-9-7-8-16(20(17)25)23-31-21(3,4)22(5,6)32-23/h7-11,26H,12H2,1-6H3. The molecule has 1 saturated heterocycles. The van der Waals surface area contributed by atoms with Gasteiger partial charge in [0.15, 0.2) is 0 Å². The number of esters is 1. The highest BCUT2D eigenvalue weighted by atomic mass is 35.5. The fourth-order valence-corrected chi connectivity index (χ4v) is 5.00. The molecule has 0 unspecified atom stereocenters. The number of ether oxygens (including phenoxy) is 1. The fraction of sp³-hybridized carbons (Fsp3) is 0.409. The number of aryl methyl sites for hydroxylation is 1. The van der Waals surface area contributed by atoms with Crippen molar-refractivity contribution in [2.45, 2.75) is 64.2 Å². The zero-order valence-corrected chi connectivity index (χ0v) is 20.9. The van der Waals surface area contributed by atoms with Crippen molar-refractivity contribution in [1.82, 2.24) is 0 Å². The van der Waals surface area contributed by atoms with Gasteiger partial charge < -0.3 is 14.0 Å². The van der Waals surface area contributed by atoms with Crippen LogP contribution in [-0.2, 0) is 35.5 Å². The minimum atomic E-state index is -4.28. The van der Waals surface area contributed by atoms with Crippen molar-refractivity contribution < 1.29 is 31.6 Å². The zero-order valence-electron chi connectivity index (χ0n) is 19.3. The molecule has 1 fully saturated rings. The molecule has 178 valence electrons. The number of hydrogen-bond donors (Lipinski definition) is 1. The highest BCUT2D eigenvalue weighted by molar-refractivity contribution is 7.92. The number of nitrogens with one attached hydrogen (secondary N) is 1. The lowest BCUT2D eigenvalue weighted by atomic mass is 9.78. The SMILES string of the molecule is CC(=O)OCc1cc(C)cc(S(=O)(=O)Nc2cccc(B3OC(C)(C)C(C)(C)O3)c2F)c1Cl. The average Bonchev–Trinajstić information content (AvgIpc) is 2.90. The molecule has 1 heterocycles. The van der Waals surface area contributed by atoms with E-state index in [-0.39, 0.29) is 27.7 Å². The second kappa shape index (κ2) is 8.90. The van der Waals surface area contributed by atoms with Crippen molar-refractivity contribution in [2.75, 3.05) is 4.72 Å². The number of anilines is 1. The maximum atomic E-state index is 15.4. The van der Waals surface area contributed by atoms with E-state index in [2.05, 4.69) is 4.72 Å². The second-order valence-electron chi connectivity index (χ2n) is 8.92. The Morgan fingerprint density at radius 1 is 1.18 bits per heavy atom. The van der Waals surface area contributed by atoms with Gasteiger partial charge >= 0.3 is 13.1 Å². The van der Waals surface area contributed by atoms with E-state index in [1.165, 1.54) is 31.2 Å². The van der Waals surface area contributed by atoms with Crippen LogP contribution in [0.5, 0.6) is 0 Å². The van der Waals surface area contributed by atoms with Crippen LogP contribution in [0.15, 0.2) is 35.2 Å². The average molecular weight is 498 g/mol. The molecule has 0 amide bonds. The summed E-state index contributed by atoms with van der Waals surface area (Å²) in [5.74, 6) is -1.35. The number of rotatable bonds is 6. The molecule has 7 nitrogen and oxygen atoms in total. The summed E-state index contributed by atoms with van der Waals surface area (Å²) in [6, 6.07) is 7.25. The van der Waals surface area contributed by atoms with Crippen molar-refractivity contribution in [3.8, 4) is 0 Å². The third-order valence-corrected chi connectivity index (χ3v) is 7.71. The lowest BCUT2D eigenvalue weighted by molar-refractivity contribution is -0.142. The summed E-state index contributed by atoms with van der Waals surface area (Å²) in [6.07, 6.45) is 0. The van der Waals surface area contributed by atoms with E-state index in [0.29, 0.717) is 11.1 Å². The van der Waals surface area contributed by atoms with Gasteiger partial charge in [-0.15, -0.1) is 0 Å². The van der Waals surface area contributed by atoms with E-state index in [1.54, 1.807) is 13.0 Å². The molecular weight excluding hydrogens is 472 g/mol. The Balaban J connectivity index is 1.95. The van der Waals surface area contributed by atoms with Crippen LogP contribution >= 0.6 is 11.6 Å². The van der Waals surface area contributed by atoms with Gasteiger partial charge in [0, 0.05) is 17.9 Å². The first-order valence-electron chi connectivity index (χ1n) is 10.2. The molecule has 0 aromatic heterocycles. The minimum absolute atomic E-state index is 0.0692. The summed E-state index contributed by atoms with van der Waals surface area (Å²) in [5, 5.41) is -0.114. The molecule has 0 radical (unpaired) electrons. The number of carbonyl (C=O) groups is 1. The molecule has 0 atom stereocenters. The maximum absolute atomic E-state index is 15.4. The molecule has 33 heavy (non-hydrogen) atoms. The molecule has 0 bridgehead atoms. The van der Waals surface area contributed by atoms with Crippen molar-refractivity contribution >= 4 is 45.9 Å². The van der Waals surface area contributed by atoms with Crippen LogP contribution in [-0.4, -0.2) is 32.7 Å². The van der Waals surface area contributed by atoms with E-state index in [0.717, 1.165) is 0 Å². The van der Waals surface area contributed by atoms with E-state index < -0.39 is 40.1 Å². The smallest absolute Gasteiger partial charge is 0.461 e. The van der Waals surface area contributed by atoms with Crippen LogP contribution in [0.3, 0.4) is 0 Å². The van der Waals surface area contributed by atoms with Crippen molar-refractivity contribution in [1.29, 1.82) is 0 Å². The van der Waals surface area contributed by atoms with Crippen LogP contribution < -0.4 is 10.2 Å². The van der Waals surface area contributed by atoms with Gasteiger partial charge in [-0.1, -0.05) is 29.8 Å². The van der Waals surface area contributed by atoms with Gasteiger partial charge in [-0.05, 0) is 52.3 Å². The van der Waals surface area contributed by atoms with Gasteiger partial charge in [-0.3, -0.25) is 9.52 Å². The summed E-state index contributed by atoms with van der Waals surface area (Å²) >= 11 is 6.31. The molecular formula is C22H26BClFNO6S. The zero-order chi connectivity index (χ0) is 24.8. The molecule has 3 rings (SSSR count). The summed E-state index contributed by atoms with van der Waals surface area (Å²) in [4.78, 5) is 10.9. The van der Waals surface area contributed by atoms with Gasteiger partial charge in [0.1, 0.15) is 17.3 Å². The van der Waals surface area contributed by atoms with Crippen LogP contribution in [0.25, 0.3) is 0 Å². The van der Waals surface area contributed by atoms with Gasteiger partial charge in [-0.25, -0.2) is 12.8 Å². The molecule has 1 N–H and O–H groups in total. The topological polar surface area (TPSA) is 90.9 Å². The molecule has 2 aromatic carbocycles. The maximum Gasteiger partial charge on any atom is 0.497 e. The highest BCUT2D eigenvalue weighted by Crippen LogP contribution is 2.37. The Hall–Kier alpha value is -2.14. The monoisotopic (exact) mass is 497 g/mol. The molecule has 2 aromatic rings. The largest absolute Gasteiger partial charge is 0.497 e. The predicted molar refractivity (Wildman–Crippen MR) is 125 cm³/mol. The summed E-state index contributed by atoms with van der Waals surface area (Å²) in [6.45, 7) is 10.1. The van der Waals surface area contributed by atoms with Gasteiger partial charge in [0.2, 0.25) is 0 Å². The van der Waals surface area contributed by atoms with E-state index in [1.807, 2.05) is 27.7 Å². The van der Waals surface area contributed by atoms with E-state index in [4.69, 9.17) is 25.6 Å².